The highest BCUT2D eigenvalue weighted by molar-refractivity contribution is 7.18. The molecule has 0 aliphatic heterocycles. The van der Waals surface area contributed by atoms with Crippen LogP contribution in [0.4, 0.5) is 0 Å². The van der Waals surface area contributed by atoms with Gasteiger partial charge in [-0.3, -0.25) is 9.69 Å². The Labute approximate surface area is 104 Å². The van der Waals surface area contributed by atoms with Crippen LogP contribution in [0.15, 0.2) is 24.3 Å². The van der Waals surface area contributed by atoms with Crippen LogP contribution in [0.5, 0.6) is 0 Å². The summed E-state index contributed by atoms with van der Waals surface area (Å²) in [5, 5.41) is 9.74. The molecule has 0 saturated heterocycles. The Kier molecular flexibility index (Phi) is 3.71. The van der Waals surface area contributed by atoms with E-state index in [2.05, 4.69) is 4.98 Å². The van der Waals surface area contributed by atoms with Crippen LogP contribution in [-0.2, 0) is 11.3 Å². The van der Waals surface area contributed by atoms with Gasteiger partial charge >= 0.3 is 5.97 Å². The van der Waals surface area contributed by atoms with Gasteiger partial charge in [0.1, 0.15) is 5.01 Å². The average molecular weight is 250 g/mol. The zero-order chi connectivity index (χ0) is 12.3. The molecule has 0 aliphatic rings. The molecule has 0 unspecified atom stereocenters. The van der Waals surface area contributed by atoms with Crippen LogP contribution in [0.2, 0.25) is 0 Å². The predicted octanol–water partition coefficient (Wildman–Crippen LogP) is 2.20. The highest BCUT2D eigenvalue weighted by atomic mass is 32.1. The summed E-state index contributed by atoms with van der Waals surface area (Å²) in [5.74, 6) is -0.798. The number of rotatable bonds is 5. The maximum atomic E-state index is 10.7. The van der Waals surface area contributed by atoms with E-state index < -0.39 is 5.97 Å². The Morgan fingerprint density at radius 2 is 2.24 bits per heavy atom. The molecule has 5 heteroatoms. The zero-order valence-electron chi connectivity index (χ0n) is 9.59. The highest BCUT2D eigenvalue weighted by Crippen LogP contribution is 2.22. The van der Waals surface area contributed by atoms with Crippen molar-refractivity contribution in [3.63, 3.8) is 0 Å². The van der Waals surface area contributed by atoms with E-state index >= 15 is 0 Å². The van der Waals surface area contributed by atoms with Crippen LogP contribution in [-0.4, -0.2) is 34.0 Å². The number of nitrogens with zero attached hydrogens (tertiary/aromatic N) is 2. The molecular weight excluding hydrogens is 236 g/mol. The summed E-state index contributed by atoms with van der Waals surface area (Å²) in [6.07, 6.45) is 0. The van der Waals surface area contributed by atoms with Crippen molar-refractivity contribution in [3.05, 3.63) is 29.3 Å². The largest absolute Gasteiger partial charge is 0.480 e. The molecule has 0 radical (unpaired) electrons. The van der Waals surface area contributed by atoms with Gasteiger partial charge in [-0.15, -0.1) is 11.3 Å². The molecule has 1 aromatic carbocycles. The lowest BCUT2D eigenvalue weighted by Gasteiger charge is -2.15. The smallest absolute Gasteiger partial charge is 0.317 e. The van der Waals surface area contributed by atoms with Gasteiger partial charge < -0.3 is 5.11 Å². The molecule has 1 heterocycles. The van der Waals surface area contributed by atoms with Crippen molar-refractivity contribution in [2.24, 2.45) is 0 Å². The number of carboxylic acids is 1. The maximum Gasteiger partial charge on any atom is 0.317 e. The van der Waals surface area contributed by atoms with Crippen molar-refractivity contribution >= 4 is 27.5 Å². The molecule has 0 aliphatic carbocycles. The average Bonchev–Trinajstić information content (AvgIpc) is 2.69. The van der Waals surface area contributed by atoms with E-state index in [-0.39, 0.29) is 6.54 Å². The zero-order valence-corrected chi connectivity index (χ0v) is 10.4. The predicted molar refractivity (Wildman–Crippen MR) is 68.2 cm³/mol. The number of hydrogen-bond acceptors (Lipinski definition) is 4. The molecule has 2 rings (SSSR count). The van der Waals surface area contributed by atoms with Crippen molar-refractivity contribution in [2.75, 3.05) is 13.1 Å². The topological polar surface area (TPSA) is 53.4 Å². The van der Waals surface area contributed by atoms with E-state index in [9.17, 15) is 4.79 Å². The normalized spacial score (nSPS) is 11.2. The van der Waals surface area contributed by atoms with Gasteiger partial charge in [0, 0.05) is 0 Å². The van der Waals surface area contributed by atoms with Crippen molar-refractivity contribution in [1.82, 2.24) is 9.88 Å². The molecule has 2 aromatic rings. The number of carbonyl (C=O) groups is 1. The fourth-order valence-corrected chi connectivity index (χ4v) is 2.66. The van der Waals surface area contributed by atoms with Gasteiger partial charge in [-0.05, 0) is 18.7 Å². The number of likely N-dealkylation sites (N-methyl/N-ethyl adjacent to an activating group) is 1. The molecule has 0 saturated carbocycles. The lowest BCUT2D eigenvalue weighted by Crippen LogP contribution is -2.28. The van der Waals surface area contributed by atoms with Gasteiger partial charge in [-0.25, -0.2) is 4.98 Å². The van der Waals surface area contributed by atoms with Gasteiger partial charge in [-0.2, -0.15) is 0 Å². The summed E-state index contributed by atoms with van der Waals surface area (Å²) in [6.45, 7) is 3.33. The molecule has 90 valence electrons. The third kappa shape index (κ3) is 3.01. The van der Waals surface area contributed by atoms with Crippen LogP contribution in [0.3, 0.4) is 0 Å². The molecular formula is C12H14N2O2S. The summed E-state index contributed by atoms with van der Waals surface area (Å²) in [4.78, 5) is 17.0. The molecule has 0 spiro atoms. The van der Waals surface area contributed by atoms with Crippen LogP contribution in [0.25, 0.3) is 10.2 Å². The van der Waals surface area contributed by atoms with E-state index in [4.69, 9.17) is 5.11 Å². The van der Waals surface area contributed by atoms with E-state index in [0.717, 1.165) is 15.2 Å². The molecule has 0 amide bonds. The Balaban J connectivity index is 2.14. The van der Waals surface area contributed by atoms with Crippen LogP contribution >= 0.6 is 11.3 Å². The Morgan fingerprint density at radius 3 is 2.88 bits per heavy atom. The van der Waals surface area contributed by atoms with E-state index in [1.54, 1.807) is 11.3 Å². The number of benzene rings is 1. The standard InChI is InChI=1S/C12H14N2O2S/c1-2-14(8-12(15)16)7-11-13-9-5-3-4-6-10(9)17-11/h3-6H,2,7-8H2,1H3,(H,15,16). The third-order valence-electron chi connectivity index (χ3n) is 2.50. The fourth-order valence-electron chi connectivity index (χ4n) is 1.65. The monoisotopic (exact) mass is 250 g/mol. The van der Waals surface area contributed by atoms with Gasteiger partial charge in [0.15, 0.2) is 0 Å². The molecule has 0 atom stereocenters. The van der Waals surface area contributed by atoms with E-state index in [1.165, 1.54) is 0 Å². The van der Waals surface area contributed by atoms with E-state index in [0.29, 0.717) is 13.1 Å². The molecule has 1 N–H and O–H groups in total. The number of para-hydroxylation sites is 1. The lowest BCUT2D eigenvalue weighted by atomic mass is 10.3. The second-order valence-electron chi connectivity index (χ2n) is 3.77. The van der Waals surface area contributed by atoms with Gasteiger partial charge in [0.2, 0.25) is 0 Å². The second-order valence-corrected chi connectivity index (χ2v) is 4.89. The van der Waals surface area contributed by atoms with Gasteiger partial charge in [0.25, 0.3) is 0 Å². The quantitative estimate of drug-likeness (QED) is 0.884. The number of carboxylic acid groups (broad SMARTS) is 1. The first-order valence-corrected chi connectivity index (χ1v) is 6.29. The summed E-state index contributed by atoms with van der Waals surface area (Å²) < 4.78 is 1.15. The molecule has 0 bridgehead atoms. The Morgan fingerprint density at radius 1 is 1.47 bits per heavy atom. The van der Waals surface area contributed by atoms with E-state index in [1.807, 2.05) is 36.1 Å². The first kappa shape index (κ1) is 12.0. The lowest BCUT2D eigenvalue weighted by molar-refractivity contribution is -0.138. The molecule has 4 nitrogen and oxygen atoms in total. The van der Waals surface area contributed by atoms with Crippen LogP contribution in [0.1, 0.15) is 11.9 Å². The second kappa shape index (κ2) is 5.25. The number of aliphatic carboxylic acids is 1. The van der Waals surface area contributed by atoms with Crippen molar-refractivity contribution in [3.8, 4) is 0 Å². The van der Waals surface area contributed by atoms with Crippen molar-refractivity contribution in [1.29, 1.82) is 0 Å². The minimum atomic E-state index is -0.798. The fraction of sp³-hybridized carbons (Fsp3) is 0.333. The maximum absolute atomic E-state index is 10.7. The highest BCUT2D eigenvalue weighted by Gasteiger charge is 2.11. The first-order chi connectivity index (χ1) is 8.19. The van der Waals surface area contributed by atoms with Crippen molar-refractivity contribution in [2.45, 2.75) is 13.5 Å². The summed E-state index contributed by atoms with van der Waals surface area (Å²) in [7, 11) is 0. The van der Waals surface area contributed by atoms with Gasteiger partial charge in [-0.1, -0.05) is 19.1 Å². The van der Waals surface area contributed by atoms with Crippen LogP contribution < -0.4 is 0 Å². The Bertz CT molecular complexity index is 491. The summed E-state index contributed by atoms with van der Waals surface area (Å²) in [6, 6.07) is 7.95. The molecule has 1 aromatic heterocycles. The number of hydrogen-bond donors (Lipinski definition) is 1. The minimum absolute atomic E-state index is 0.0619. The number of thiazole rings is 1. The third-order valence-corrected chi connectivity index (χ3v) is 3.52. The molecule has 0 fully saturated rings. The molecule has 17 heavy (non-hydrogen) atoms. The minimum Gasteiger partial charge on any atom is -0.480 e. The number of fused-ring (bicyclic) bond motifs is 1. The van der Waals surface area contributed by atoms with Gasteiger partial charge in [0.05, 0.1) is 23.3 Å². The first-order valence-electron chi connectivity index (χ1n) is 5.47. The Hall–Kier alpha value is -1.46. The summed E-state index contributed by atoms with van der Waals surface area (Å²) in [5.41, 5.74) is 0.985. The van der Waals surface area contributed by atoms with Crippen LogP contribution in [0, 0.1) is 0 Å². The van der Waals surface area contributed by atoms with Crippen molar-refractivity contribution < 1.29 is 9.90 Å². The summed E-state index contributed by atoms with van der Waals surface area (Å²) >= 11 is 1.62. The SMILES string of the molecule is CCN(CC(=O)O)Cc1nc2ccccc2s1. The number of aromatic nitrogens is 1.